The molecule has 0 saturated heterocycles. The van der Waals surface area contributed by atoms with Crippen LogP contribution in [0.4, 0.5) is 8.78 Å². The summed E-state index contributed by atoms with van der Waals surface area (Å²) in [5.41, 5.74) is 0.611. The minimum Gasteiger partial charge on any atom is -0.386 e. The molecule has 0 radical (unpaired) electrons. The third kappa shape index (κ3) is 2.74. The predicted octanol–water partition coefficient (Wildman–Crippen LogP) is 3.52. The zero-order chi connectivity index (χ0) is 13.3. The largest absolute Gasteiger partial charge is 0.386 e. The lowest BCUT2D eigenvalue weighted by Gasteiger charge is -2.32. The molecule has 18 heavy (non-hydrogen) atoms. The number of aromatic nitrogens is 2. The summed E-state index contributed by atoms with van der Waals surface area (Å²) in [4.78, 5) is 0. The van der Waals surface area contributed by atoms with Crippen molar-refractivity contribution in [2.24, 2.45) is 5.92 Å². The molecule has 3 nitrogen and oxygen atoms in total. The van der Waals surface area contributed by atoms with Crippen LogP contribution in [0.1, 0.15) is 44.4 Å². The van der Waals surface area contributed by atoms with E-state index < -0.39 is 17.9 Å². The lowest BCUT2D eigenvalue weighted by atomic mass is 9.82. The fraction of sp³-hybridized carbons (Fsp3) is 0.750. The molecule has 1 aromatic heterocycles. The predicted molar refractivity (Wildman–Crippen MR) is 67.5 cm³/mol. The first kappa shape index (κ1) is 13.9. The fourth-order valence-corrected chi connectivity index (χ4v) is 3.15. The normalized spacial score (nSPS) is 25.1. The van der Waals surface area contributed by atoms with Crippen molar-refractivity contribution >= 4 is 15.9 Å². The molecule has 1 aliphatic carbocycles. The highest BCUT2D eigenvalue weighted by molar-refractivity contribution is 9.10. The number of aliphatic hydroxyl groups excluding tert-OH is 1. The SMILES string of the molecule is CCn1ncc(Br)c1C(O)C1CCCC(F)(F)C1. The number of rotatable bonds is 3. The number of hydrogen-bond donors (Lipinski definition) is 1. The number of hydrogen-bond acceptors (Lipinski definition) is 2. The lowest BCUT2D eigenvalue weighted by molar-refractivity contribution is -0.0774. The van der Waals surface area contributed by atoms with Gasteiger partial charge in [0.2, 0.25) is 5.92 Å². The van der Waals surface area contributed by atoms with Crippen molar-refractivity contribution in [3.8, 4) is 0 Å². The Morgan fingerprint density at radius 2 is 2.39 bits per heavy atom. The van der Waals surface area contributed by atoms with Crippen LogP contribution < -0.4 is 0 Å². The Morgan fingerprint density at radius 3 is 3.00 bits per heavy atom. The topological polar surface area (TPSA) is 38.0 Å². The fourth-order valence-electron chi connectivity index (χ4n) is 2.62. The van der Waals surface area contributed by atoms with Gasteiger partial charge in [0.25, 0.3) is 0 Å². The Balaban J connectivity index is 2.20. The van der Waals surface area contributed by atoms with Gasteiger partial charge in [-0.1, -0.05) is 0 Å². The van der Waals surface area contributed by atoms with Crippen LogP contribution in [0.2, 0.25) is 0 Å². The van der Waals surface area contributed by atoms with Crippen molar-refractivity contribution < 1.29 is 13.9 Å². The summed E-state index contributed by atoms with van der Waals surface area (Å²) >= 11 is 3.32. The standard InChI is InChI=1S/C12H17BrF2N2O/c1-2-17-10(9(13)7-16-17)11(18)8-4-3-5-12(14,15)6-8/h7-8,11,18H,2-6H2,1H3. The Bertz CT molecular complexity index is 422. The third-order valence-corrected chi connectivity index (χ3v) is 4.15. The van der Waals surface area contributed by atoms with Crippen LogP contribution in [0.5, 0.6) is 0 Å². The molecule has 1 saturated carbocycles. The molecule has 102 valence electrons. The minimum atomic E-state index is -2.65. The van der Waals surface area contributed by atoms with Gasteiger partial charge in [-0.05, 0) is 41.6 Å². The molecule has 0 amide bonds. The molecule has 0 spiro atoms. The van der Waals surface area contributed by atoms with Crippen LogP contribution in [-0.4, -0.2) is 20.8 Å². The Morgan fingerprint density at radius 1 is 1.67 bits per heavy atom. The average Bonchev–Trinajstić information content (AvgIpc) is 2.68. The zero-order valence-corrected chi connectivity index (χ0v) is 11.8. The van der Waals surface area contributed by atoms with E-state index in [9.17, 15) is 13.9 Å². The van der Waals surface area contributed by atoms with Crippen LogP contribution in [0.3, 0.4) is 0 Å². The van der Waals surface area contributed by atoms with E-state index in [0.717, 1.165) is 0 Å². The summed E-state index contributed by atoms with van der Waals surface area (Å²) in [6.45, 7) is 2.52. The first-order valence-electron chi connectivity index (χ1n) is 6.21. The summed E-state index contributed by atoms with van der Waals surface area (Å²) in [6.07, 6.45) is 1.51. The Kier molecular flexibility index (Phi) is 4.06. The van der Waals surface area contributed by atoms with Crippen LogP contribution >= 0.6 is 15.9 Å². The quantitative estimate of drug-likeness (QED) is 0.924. The van der Waals surface area contributed by atoms with Crippen molar-refractivity contribution in [2.75, 3.05) is 0 Å². The monoisotopic (exact) mass is 322 g/mol. The average molecular weight is 323 g/mol. The summed E-state index contributed by atoms with van der Waals surface area (Å²) in [5.74, 6) is -3.04. The summed E-state index contributed by atoms with van der Waals surface area (Å²) in [5, 5.41) is 14.4. The van der Waals surface area contributed by atoms with Crippen LogP contribution in [0.25, 0.3) is 0 Å². The third-order valence-electron chi connectivity index (χ3n) is 3.54. The van der Waals surface area contributed by atoms with E-state index in [2.05, 4.69) is 21.0 Å². The van der Waals surface area contributed by atoms with Crippen molar-refractivity contribution in [1.82, 2.24) is 9.78 Å². The van der Waals surface area contributed by atoms with Gasteiger partial charge in [-0.25, -0.2) is 8.78 Å². The summed E-state index contributed by atoms with van der Waals surface area (Å²) in [7, 11) is 0. The number of halogens is 3. The van der Waals surface area contributed by atoms with Crippen LogP contribution in [-0.2, 0) is 6.54 Å². The van der Waals surface area contributed by atoms with E-state index in [1.807, 2.05) is 6.92 Å². The Hall–Kier alpha value is -0.490. The number of aryl methyl sites for hydroxylation is 1. The Labute approximate surface area is 113 Å². The lowest BCUT2D eigenvalue weighted by Crippen LogP contribution is -2.30. The maximum atomic E-state index is 13.4. The molecule has 0 aromatic carbocycles. The number of nitrogens with zero attached hydrogens (tertiary/aromatic N) is 2. The van der Waals surface area contributed by atoms with Gasteiger partial charge < -0.3 is 5.11 Å². The van der Waals surface area contributed by atoms with Gasteiger partial charge in [0.15, 0.2) is 0 Å². The maximum Gasteiger partial charge on any atom is 0.248 e. The van der Waals surface area contributed by atoms with Gasteiger partial charge in [-0.15, -0.1) is 0 Å². The molecule has 1 heterocycles. The highest BCUT2D eigenvalue weighted by Gasteiger charge is 2.40. The molecule has 6 heteroatoms. The van der Waals surface area contributed by atoms with E-state index in [1.165, 1.54) is 0 Å². The maximum absolute atomic E-state index is 13.4. The highest BCUT2D eigenvalue weighted by Crippen LogP contribution is 2.43. The smallest absolute Gasteiger partial charge is 0.248 e. The van der Waals surface area contributed by atoms with Crippen LogP contribution in [0, 0.1) is 5.92 Å². The van der Waals surface area contributed by atoms with Crippen molar-refractivity contribution in [3.63, 3.8) is 0 Å². The van der Waals surface area contributed by atoms with E-state index in [0.29, 0.717) is 29.6 Å². The molecule has 0 bridgehead atoms. The van der Waals surface area contributed by atoms with E-state index in [-0.39, 0.29) is 12.8 Å². The molecule has 2 atom stereocenters. The van der Waals surface area contributed by atoms with E-state index >= 15 is 0 Å². The van der Waals surface area contributed by atoms with Crippen molar-refractivity contribution in [1.29, 1.82) is 0 Å². The molecule has 1 fully saturated rings. The molecule has 2 rings (SSSR count). The molecule has 1 N–H and O–H groups in total. The number of aliphatic hydroxyl groups is 1. The first-order chi connectivity index (χ1) is 8.44. The highest BCUT2D eigenvalue weighted by atomic mass is 79.9. The molecular weight excluding hydrogens is 306 g/mol. The van der Waals surface area contributed by atoms with Gasteiger partial charge in [-0.3, -0.25) is 4.68 Å². The second-order valence-corrected chi connectivity index (χ2v) is 5.71. The molecule has 2 unspecified atom stereocenters. The molecular formula is C12H17BrF2N2O. The van der Waals surface area contributed by atoms with Gasteiger partial charge in [0.1, 0.15) is 0 Å². The van der Waals surface area contributed by atoms with E-state index in [1.54, 1.807) is 10.9 Å². The van der Waals surface area contributed by atoms with Crippen LogP contribution in [0.15, 0.2) is 10.7 Å². The molecule has 0 aliphatic heterocycles. The van der Waals surface area contributed by atoms with E-state index in [4.69, 9.17) is 0 Å². The minimum absolute atomic E-state index is 0.0651. The van der Waals surface area contributed by atoms with Gasteiger partial charge >= 0.3 is 0 Å². The second kappa shape index (κ2) is 5.25. The zero-order valence-electron chi connectivity index (χ0n) is 10.2. The molecule has 1 aromatic rings. The van der Waals surface area contributed by atoms with Gasteiger partial charge in [-0.2, -0.15) is 5.10 Å². The summed E-state index contributed by atoms with van der Waals surface area (Å²) in [6, 6.07) is 0. The molecule has 1 aliphatic rings. The first-order valence-corrected chi connectivity index (χ1v) is 7.01. The summed E-state index contributed by atoms with van der Waals surface area (Å²) < 4.78 is 29.1. The van der Waals surface area contributed by atoms with Crippen molar-refractivity contribution in [2.45, 2.75) is 51.2 Å². The number of alkyl halides is 2. The second-order valence-electron chi connectivity index (χ2n) is 4.85. The van der Waals surface area contributed by atoms with Gasteiger partial charge in [0.05, 0.1) is 22.5 Å². The van der Waals surface area contributed by atoms with Crippen molar-refractivity contribution in [3.05, 3.63) is 16.4 Å². The van der Waals surface area contributed by atoms with Gasteiger partial charge in [0, 0.05) is 19.4 Å².